The fourth-order valence-electron chi connectivity index (χ4n) is 4.21. The minimum Gasteiger partial charge on any atom is -0.436 e. The first kappa shape index (κ1) is 35.5. The number of hydrogen-bond donors (Lipinski definition) is 3. The molecule has 0 amide bonds. The van der Waals surface area contributed by atoms with Crippen molar-refractivity contribution in [2.75, 3.05) is 59.5 Å². The second kappa shape index (κ2) is 18.7. The summed E-state index contributed by atoms with van der Waals surface area (Å²) in [5.74, 6) is 0. The molecule has 0 aromatic carbocycles. The zero-order chi connectivity index (χ0) is 26.8. The molecule has 0 spiro atoms. The molecule has 0 fully saturated rings. The molecule has 1 atom stereocenters. The summed E-state index contributed by atoms with van der Waals surface area (Å²) < 4.78 is 36.8. The molecule has 3 N–H and O–H groups in total. The molecule has 0 bridgehead atoms. The van der Waals surface area contributed by atoms with E-state index < -0.39 is 33.8 Å². The Morgan fingerprint density at radius 3 is 1.23 bits per heavy atom. The van der Waals surface area contributed by atoms with Crippen molar-refractivity contribution in [2.45, 2.75) is 83.2 Å². The van der Waals surface area contributed by atoms with Gasteiger partial charge in [-0.3, -0.25) is 0 Å². The molecule has 0 radical (unpaired) electrons. The minimum absolute atomic E-state index is 0.0263. The molecular weight excluding hydrogens is 521 g/mol. The van der Waals surface area contributed by atoms with Crippen molar-refractivity contribution < 1.29 is 41.9 Å². The molecule has 1 unspecified atom stereocenters. The number of hydrogen-bond acceptors (Lipinski definition) is 9. The fraction of sp³-hybridized carbons (Fsp3) is 1.00. The van der Waals surface area contributed by atoms with Gasteiger partial charge in [0.05, 0.1) is 39.6 Å². The predicted octanol–water partition coefficient (Wildman–Crippen LogP) is 3.42. The lowest BCUT2D eigenvalue weighted by atomic mass is 10.5. The predicted molar refractivity (Wildman–Crippen MR) is 149 cm³/mol. The molecule has 13 heteroatoms. The number of ether oxygens (including phenoxy) is 3. The van der Waals surface area contributed by atoms with Crippen LogP contribution < -0.4 is 0 Å². The van der Waals surface area contributed by atoms with Gasteiger partial charge in [-0.1, -0.05) is 0 Å². The first-order chi connectivity index (χ1) is 16.3. The summed E-state index contributed by atoms with van der Waals surface area (Å²) in [6, 6.07) is 2.75. The molecule has 0 saturated carbocycles. The van der Waals surface area contributed by atoms with E-state index in [0.717, 1.165) is 37.4 Å². The molecule has 0 aliphatic heterocycles. The Morgan fingerprint density at radius 2 is 0.829 bits per heavy atom. The highest BCUT2D eigenvalue weighted by Gasteiger charge is 2.45. The van der Waals surface area contributed by atoms with Crippen molar-refractivity contribution in [1.82, 2.24) is 0 Å². The van der Waals surface area contributed by atoms with E-state index in [9.17, 15) is 0 Å². The van der Waals surface area contributed by atoms with Crippen LogP contribution in [0.2, 0.25) is 64.0 Å². The van der Waals surface area contributed by atoms with Gasteiger partial charge in [-0.15, -0.1) is 0 Å². The van der Waals surface area contributed by atoms with Gasteiger partial charge in [0.1, 0.15) is 0 Å². The van der Waals surface area contributed by atoms with Gasteiger partial charge in [0.2, 0.25) is 0 Å². The maximum absolute atomic E-state index is 8.97. The molecule has 0 saturated heterocycles. The summed E-state index contributed by atoms with van der Waals surface area (Å²) in [5.41, 5.74) is 0. The van der Waals surface area contributed by atoms with E-state index >= 15 is 0 Å². The maximum Gasteiger partial charge on any atom is 0.315 e. The summed E-state index contributed by atoms with van der Waals surface area (Å²) in [6.07, 6.45) is 2.63. The van der Waals surface area contributed by atoms with Gasteiger partial charge in [-0.05, 0) is 83.2 Å². The van der Waals surface area contributed by atoms with E-state index in [1.165, 1.54) is 0 Å². The standard InChI is InChI=1S/C22H54O9Si4/c1-32(2,20-8-14-26-17-11-23)29-34(5,6)31-35(7,22-10-16-28-19-13-25)30-33(3,4)21-9-15-27-18-12-24/h23-25H,8-22H2,1-7H3. The zero-order valence-corrected chi connectivity index (χ0v) is 27.4. The van der Waals surface area contributed by atoms with E-state index in [4.69, 9.17) is 41.9 Å². The molecule has 0 aliphatic rings. The van der Waals surface area contributed by atoms with E-state index in [1.54, 1.807) is 0 Å². The Morgan fingerprint density at radius 1 is 0.457 bits per heavy atom. The Kier molecular flexibility index (Phi) is 19.0. The van der Waals surface area contributed by atoms with Gasteiger partial charge < -0.3 is 41.9 Å². The highest BCUT2D eigenvalue weighted by molar-refractivity contribution is 6.89. The quantitative estimate of drug-likeness (QED) is 0.118. The SMILES string of the molecule is C[Si](C)(CCCOCCO)O[Si](C)(C)O[Si](C)(CCCOCCO)O[Si](C)(C)CCCOCCO. The Hall–Kier alpha value is 0.508. The van der Waals surface area contributed by atoms with Crippen LogP contribution in [-0.2, 0) is 26.6 Å². The van der Waals surface area contributed by atoms with Crippen LogP contribution in [0, 0.1) is 0 Å². The van der Waals surface area contributed by atoms with Crippen LogP contribution in [0.1, 0.15) is 19.3 Å². The molecule has 9 nitrogen and oxygen atoms in total. The lowest BCUT2D eigenvalue weighted by Crippen LogP contribution is -2.57. The maximum atomic E-state index is 8.97. The molecule has 0 aromatic heterocycles. The largest absolute Gasteiger partial charge is 0.436 e. The summed E-state index contributed by atoms with van der Waals surface area (Å²) in [7, 11) is -9.00. The molecule has 0 heterocycles. The Bertz CT molecular complexity index is 527. The lowest BCUT2D eigenvalue weighted by molar-refractivity contribution is 0.0914. The van der Waals surface area contributed by atoms with Crippen molar-refractivity contribution in [3.8, 4) is 0 Å². The van der Waals surface area contributed by atoms with Crippen LogP contribution in [0.3, 0.4) is 0 Å². The van der Waals surface area contributed by atoms with Crippen molar-refractivity contribution in [3.63, 3.8) is 0 Å². The number of rotatable bonds is 24. The van der Waals surface area contributed by atoms with Crippen molar-refractivity contribution in [2.24, 2.45) is 0 Å². The van der Waals surface area contributed by atoms with E-state index in [1.807, 2.05) is 0 Å². The third-order valence-corrected chi connectivity index (χ3v) is 21.4. The number of aliphatic hydroxyl groups excluding tert-OH is 3. The van der Waals surface area contributed by atoms with Gasteiger partial charge in [-0.25, -0.2) is 0 Å². The van der Waals surface area contributed by atoms with Crippen LogP contribution in [0.4, 0.5) is 0 Å². The van der Waals surface area contributed by atoms with Crippen LogP contribution in [0.25, 0.3) is 0 Å². The fourth-order valence-corrected chi connectivity index (χ4v) is 23.9. The van der Waals surface area contributed by atoms with Gasteiger partial charge in [0, 0.05) is 19.8 Å². The molecule has 0 rings (SSSR count). The lowest BCUT2D eigenvalue weighted by Gasteiger charge is -2.42. The molecule has 35 heavy (non-hydrogen) atoms. The topological polar surface area (TPSA) is 116 Å². The molecular formula is C22H54O9Si4. The Balaban J connectivity index is 5.11. The minimum atomic E-state index is -2.56. The normalized spacial score (nSPS) is 14.9. The summed E-state index contributed by atoms with van der Waals surface area (Å²) in [6.45, 7) is 18.4. The zero-order valence-electron chi connectivity index (χ0n) is 23.4. The summed E-state index contributed by atoms with van der Waals surface area (Å²) in [5, 5.41) is 26.7. The van der Waals surface area contributed by atoms with Crippen LogP contribution in [0.15, 0.2) is 0 Å². The van der Waals surface area contributed by atoms with Crippen LogP contribution in [-0.4, -0.2) is 109 Å². The van der Waals surface area contributed by atoms with E-state index in [2.05, 4.69) is 45.8 Å². The third-order valence-electron chi connectivity index (χ3n) is 5.24. The molecule has 212 valence electrons. The first-order valence-corrected chi connectivity index (χ1v) is 24.5. The van der Waals surface area contributed by atoms with Gasteiger partial charge in [-0.2, -0.15) is 0 Å². The average molecular weight is 575 g/mol. The highest BCUT2D eigenvalue weighted by atomic mass is 28.5. The van der Waals surface area contributed by atoms with Gasteiger partial charge in [0.15, 0.2) is 16.6 Å². The average Bonchev–Trinajstić information content (AvgIpc) is 2.71. The summed E-state index contributed by atoms with van der Waals surface area (Å²) >= 11 is 0. The van der Waals surface area contributed by atoms with Crippen molar-refractivity contribution in [3.05, 3.63) is 0 Å². The monoisotopic (exact) mass is 574 g/mol. The van der Waals surface area contributed by atoms with E-state index in [0.29, 0.717) is 39.6 Å². The number of aliphatic hydroxyl groups is 3. The van der Waals surface area contributed by atoms with E-state index in [-0.39, 0.29) is 19.8 Å². The van der Waals surface area contributed by atoms with Gasteiger partial charge in [0.25, 0.3) is 0 Å². The second-order valence-corrected chi connectivity index (χ2v) is 26.7. The second-order valence-electron chi connectivity index (χ2n) is 10.7. The molecule has 0 aliphatic carbocycles. The first-order valence-electron chi connectivity index (χ1n) is 13.0. The smallest absolute Gasteiger partial charge is 0.315 e. The van der Waals surface area contributed by atoms with Gasteiger partial charge >= 0.3 is 17.1 Å². The van der Waals surface area contributed by atoms with Crippen molar-refractivity contribution in [1.29, 1.82) is 0 Å². The Labute approximate surface area is 218 Å². The third kappa shape index (κ3) is 20.2. The molecule has 0 aromatic rings. The highest BCUT2D eigenvalue weighted by Crippen LogP contribution is 2.30. The van der Waals surface area contributed by atoms with Crippen LogP contribution in [0.5, 0.6) is 0 Å². The summed E-state index contributed by atoms with van der Waals surface area (Å²) in [4.78, 5) is 0. The van der Waals surface area contributed by atoms with Crippen LogP contribution >= 0.6 is 0 Å². The van der Waals surface area contributed by atoms with Crippen molar-refractivity contribution >= 4 is 33.8 Å².